The van der Waals surface area contributed by atoms with Crippen molar-refractivity contribution in [2.24, 2.45) is 0 Å². The predicted octanol–water partition coefficient (Wildman–Crippen LogP) is 5.23. The van der Waals surface area contributed by atoms with Gasteiger partial charge >= 0.3 is 0 Å². The van der Waals surface area contributed by atoms with E-state index in [1.807, 2.05) is 30.3 Å². The Morgan fingerprint density at radius 1 is 0.900 bits per heavy atom. The fraction of sp³-hybridized carbons (Fsp3) is 0. The van der Waals surface area contributed by atoms with Gasteiger partial charge in [0.15, 0.2) is 10.8 Å². The second kappa shape index (κ2) is 5.66. The van der Waals surface area contributed by atoms with Gasteiger partial charge in [-0.05, 0) is 5.56 Å². The summed E-state index contributed by atoms with van der Waals surface area (Å²) in [6, 6.07) is 9.51. The summed E-state index contributed by atoms with van der Waals surface area (Å²) in [5, 5.41) is 1.16. The van der Waals surface area contributed by atoms with Crippen LogP contribution in [0.5, 0.6) is 0 Å². The van der Waals surface area contributed by atoms with E-state index in [1.165, 1.54) is 17.5 Å². The number of hydrogen-bond acceptors (Lipinski definition) is 4. The molecule has 2 aromatic heterocycles. The summed E-state index contributed by atoms with van der Waals surface area (Å²) in [5.41, 5.74) is 1.48. The smallest absolute Gasteiger partial charge is 0.191 e. The van der Waals surface area contributed by atoms with Gasteiger partial charge in [0.25, 0.3) is 0 Å². The van der Waals surface area contributed by atoms with Crippen molar-refractivity contribution in [2.45, 2.75) is 0 Å². The van der Waals surface area contributed by atoms with Gasteiger partial charge in [-0.3, -0.25) is 0 Å². The molecular formula is C13H6Cl3N3S. The molecule has 0 unspecified atom stereocenters. The zero-order valence-electron chi connectivity index (χ0n) is 9.85. The van der Waals surface area contributed by atoms with Crippen molar-refractivity contribution >= 4 is 46.1 Å². The van der Waals surface area contributed by atoms with Crippen molar-refractivity contribution in [1.82, 2.24) is 15.0 Å². The van der Waals surface area contributed by atoms with Crippen LogP contribution in [0.25, 0.3) is 22.0 Å². The number of hydrogen-bond donors (Lipinski definition) is 0. The molecule has 0 atom stereocenters. The molecule has 2 heterocycles. The van der Waals surface area contributed by atoms with E-state index in [1.54, 1.807) is 0 Å². The molecule has 0 aliphatic heterocycles. The molecule has 0 spiro atoms. The Balaban J connectivity index is 2.12. The summed E-state index contributed by atoms with van der Waals surface area (Å²) >= 11 is 19.6. The minimum atomic E-state index is 0.289. The molecule has 100 valence electrons. The van der Waals surface area contributed by atoms with Crippen molar-refractivity contribution in [3.05, 3.63) is 51.2 Å². The number of benzene rings is 1. The van der Waals surface area contributed by atoms with E-state index < -0.39 is 0 Å². The van der Waals surface area contributed by atoms with Crippen molar-refractivity contribution in [1.29, 1.82) is 0 Å². The van der Waals surface area contributed by atoms with Crippen LogP contribution in [0.3, 0.4) is 0 Å². The molecule has 0 radical (unpaired) electrons. The fourth-order valence-corrected chi connectivity index (χ4v) is 3.16. The van der Waals surface area contributed by atoms with Crippen LogP contribution in [0.1, 0.15) is 0 Å². The van der Waals surface area contributed by atoms with Crippen molar-refractivity contribution in [3.8, 4) is 22.0 Å². The molecule has 20 heavy (non-hydrogen) atoms. The van der Waals surface area contributed by atoms with Crippen LogP contribution in [0.2, 0.25) is 14.6 Å². The second-order valence-electron chi connectivity index (χ2n) is 3.84. The Hall–Kier alpha value is -1.20. The Labute approximate surface area is 134 Å². The highest BCUT2D eigenvalue weighted by Crippen LogP contribution is 2.35. The molecular weight excluding hydrogens is 337 g/mol. The lowest BCUT2D eigenvalue weighted by molar-refractivity contribution is 1.16. The van der Waals surface area contributed by atoms with Gasteiger partial charge < -0.3 is 0 Å². The van der Waals surface area contributed by atoms with Gasteiger partial charge in [0.1, 0.15) is 14.6 Å². The van der Waals surface area contributed by atoms with Gasteiger partial charge in [0, 0.05) is 0 Å². The molecule has 0 amide bonds. The molecule has 7 heteroatoms. The Kier molecular flexibility index (Phi) is 3.89. The van der Waals surface area contributed by atoms with Crippen LogP contribution in [0, 0.1) is 0 Å². The number of rotatable bonds is 2. The first kappa shape index (κ1) is 13.8. The molecule has 0 saturated carbocycles. The number of nitrogens with zero attached hydrogens (tertiary/aromatic N) is 3. The first-order chi connectivity index (χ1) is 9.65. The molecule has 0 N–H and O–H groups in total. The molecule has 0 aliphatic rings. The number of thiazole rings is 1. The molecule has 3 aromatic rings. The summed E-state index contributed by atoms with van der Waals surface area (Å²) in [4.78, 5) is 12.6. The Bertz CT molecular complexity index is 736. The number of aromatic nitrogens is 3. The van der Waals surface area contributed by atoms with E-state index in [0.717, 1.165) is 5.56 Å². The van der Waals surface area contributed by atoms with Gasteiger partial charge in [-0.15, -0.1) is 0 Å². The monoisotopic (exact) mass is 341 g/mol. The van der Waals surface area contributed by atoms with Crippen LogP contribution in [0.4, 0.5) is 0 Å². The van der Waals surface area contributed by atoms with Gasteiger partial charge in [0.05, 0.1) is 11.8 Å². The van der Waals surface area contributed by atoms with E-state index in [-0.39, 0.29) is 10.3 Å². The third-order valence-corrected chi connectivity index (χ3v) is 4.21. The molecule has 1 aromatic carbocycles. The van der Waals surface area contributed by atoms with E-state index in [0.29, 0.717) is 20.7 Å². The SMILES string of the molecule is Clc1cnc(-c2nc(Cl)c(-c3ccccc3)c(Cl)n2)s1. The zero-order chi connectivity index (χ0) is 14.1. The van der Waals surface area contributed by atoms with Gasteiger partial charge in [0.2, 0.25) is 0 Å². The van der Waals surface area contributed by atoms with Crippen molar-refractivity contribution in [3.63, 3.8) is 0 Å². The molecule has 3 nitrogen and oxygen atoms in total. The average Bonchev–Trinajstić information content (AvgIpc) is 2.86. The predicted molar refractivity (Wildman–Crippen MR) is 83.6 cm³/mol. The third-order valence-electron chi connectivity index (χ3n) is 2.55. The molecule has 0 bridgehead atoms. The lowest BCUT2D eigenvalue weighted by Crippen LogP contribution is -1.94. The minimum Gasteiger partial charge on any atom is -0.240 e. The summed E-state index contributed by atoms with van der Waals surface area (Å²) < 4.78 is 0.558. The van der Waals surface area contributed by atoms with Gasteiger partial charge in [-0.2, -0.15) is 0 Å². The van der Waals surface area contributed by atoms with E-state index >= 15 is 0 Å². The molecule has 0 aliphatic carbocycles. The van der Waals surface area contributed by atoms with Crippen molar-refractivity contribution < 1.29 is 0 Å². The summed E-state index contributed by atoms with van der Waals surface area (Å²) in [6.07, 6.45) is 1.54. The van der Waals surface area contributed by atoms with Crippen LogP contribution in [-0.2, 0) is 0 Å². The zero-order valence-corrected chi connectivity index (χ0v) is 12.9. The summed E-state index contributed by atoms with van der Waals surface area (Å²) in [6.45, 7) is 0. The summed E-state index contributed by atoms with van der Waals surface area (Å²) in [5.74, 6) is 0.372. The van der Waals surface area contributed by atoms with Crippen molar-refractivity contribution in [2.75, 3.05) is 0 Å². The lowest BCUT2D eigenvalue weighted by atomic mass is 10.1. The topological polar surface area (TPSA) is 38.7 Å². The minimum absolute atomic E-state index is 0.289. The first-order valence-corrected chi connectivity index (χ1v) is 7.50. The van der Waals surface area contributed by atoms with Crippen LogP contribution in [-0.4, -0.2) is 15.0 Å². The number of halogens is 3. The Morgan fingerprint density at radius 2 is 1.55 bits per heavy atom. The fourth-order valence-electron chi connectivity index (χ4n) is 1.70. The highest BCUT2D eigenvalue weighted by atomic mass is 35.5. The normalized spacial score (nSPS) is 10.8. The second-order valence-corrected chi connectivity index (χ2v) is 6.22. The molecule has 0 saturated heterocycles. The lowest BCUT2D eigenvalue weighted by Gasteiger charge is -2.07. The molecule has 0 fully saturated rings. The van der Waals surface area contributed by atoms with Crippen LogP contribution in [0.15, 0.2) is 36.5 Å². The van der Waals surface area contributed by atoms with Crippen LogP contribution < -0.4 is 0 Å². The Morgan fingerprint density at radius 3 is 2.10 bits per heavy atom. The standard InChI is InChI=1S/C13H6Cl3N3S/c14-8-6-17-13(20-8)12-18-10(15)9(11(16)19-12)7-4-2-1-3-5-7/h1-6H. The van der Waals surface area contributed by atoms with Gasteiger partial charge in [-0.1, -0.05) is 76.5 Å². The largest absolute Gasteiger partial charge is 0.240 e. The third kappa shape index (κ3) is 2.65. The average molecular weight is 343 g/mol. The maximum absolute atomic E-state index is 6.23. The highest BCUT2D eigenvalue weighted by molar-refractivity contribution is 7.18. The maximum atomic E-state index is 6.23. The highest BCUT2D eigenvalue weighted by Gasteiger charge is 2.16. The van der Waals surface area contributed by atoms with E-state index in [4.69, 9.17) is 34.8 Å². The quantitative estimate of drug-likeness (QED) is 0.599. The first-order valence-electron chi connectivity index (χ1n) is 5.55. The maximum Gasteiger partial charge on any atom is 0.191 e. The van der Waals surface area contributed by atoms with Crippen LogP contribution >= 0.6 is 46.1 Å². The van der Waals surface area contributed by atoms with E-state index in [2.05, 4.69) is 15.0 Å². The summed E-state index contributed by atoms with van der Waals surface area (Å²) in [7, 11) is 0. The molecule has 3 rings (SSSR count). The van der Waals surface area contributed by atoms with Gasteiger partial charge in [-0.25, -0.2) is 15.0 Å². The van der Waals surface area contributed by atoms with E-state index in [9.17, 15) is 0 Å².